The molecule has 0 aromatic carbocycles. The topological polar surface area (TPSA) is 29.5 Å². The summed E-state index contributed by atoms with van der Waals surface area (Å²) in [7, 11) is 0. The number of nitrogens with zero attached hydrogens (tertiary/aromatic N) is 1. The molecule has 1 unspecified atom stereocenters. The number of carbonyl (C=O) groups is 1. The zero-order valence-corrected chi connectivity index (χ0v) is 20.5. The first kappa shape index (κ1) is 28.4. The molecule has 0 saturated heterocycles. The van der Waals surface area contributed by atoms with Gasteiger partial charge in [-0.1, -0.05) is 111 Å². The molecule has 174 valence electrons. The van der Waals surface area contributed by atoms with E-state index in [9.17, 15) is 4.79 Å². The Kier molecular flexibility index (Phi) is 21.7. The quantitative estimate of drug-likeness (QED) is 0.134. The lowest BCUT2D eigenvalue weighted by molar-refractivity contribution is -0.148. The number of rotatable bonds is 22. The van der Waals surface area contributed by atoms with E-state index in [1.807, 2.05) is 6.92 Å². The van der Waals surface area contributed by atoms with Crippen LogP contribution in [-0.4, -0.2) is 36.6 Å². The maximum absolute atomic E-state index is 11.9. The molecule has 0 aliphatic heterocycles. The average molecular weight is 412 g/mol. The summed E-state index contributed by atoms with van der Waals surface area (Å²) in [6.45, 7) is 11.8. The molecule has 0 aromatic rings. The van der Waals surface area contributed by atoms with Gasteiger partial charge in [0.05, 0.1) is 0 Å². The summed E-state index contributed by atoms with van der Waals surface area (Å²) in [5.74, 6) is -0.00765. The van der Waals surface area contributed by atoms with Crippen LogP contribution >= 0.6 is 0 Å². The molecule has 1 atom stereocenters. The lowest BCUT2D eigenvalue weighted by Crippen LogP contribution is -2.27. The van der Waals surface area contributed by atoms with E-state index in [2.05, 4.69) is 25.7 Å². The van der Waals surface area contributed by atoms with E-state index in [1.165, 1.54) is 89.9 Å². The summed E-state index contributed by atoms with van der Waals surface area (Å²) in [5.41, 5.74) is 0. The van der Waals surface area contributed by atoms with Gasteiger partial charge in [-0.05, 0) is 32.9 Å². The SMILES string of the molecule is CCCCCCCCCCCCCCCCCC(=O)OC(C)CCN(CC)CC. The minimum Gasteiger partial charge on any atom is -0.463 e. The Balaban J connectivity index is 3.32. The average Bonchev–Trinajstić information content (AvgIpc) is 2.71. The Morgan fingerprint density at radius 3 is 1.52 bits per heavy atom. The molecule has 0 fully saturated rings. The van der Waals surface area contributed by atoms with Crippen LogP contribution in [0.2, 0.25) is 0 Å². The Labute approximate surface area is 183 Å². The van der Waals surface area contributed by atoms with Crippen LogP contribution in [0.3, 0.4) is 0 Å². The van der Waals surface area contributed by atoms with Gasteiger partial charge in [0, 0.05) is 13.0 Å². The van der Waals surface area contributed by atoms with Gasteiger partial charge in [0.15, 0.2) is 0 Å². The number of hydrogen-bond donors (Lipinski definition) is 0. The zero-order valence-electron chi connectivity index (χ0n) is 20.5. The summed E-state index contributed by atoms with van der Waals surface area (Å²) >= 11 is 0. The van der Waals surface area contributed by atoms with Crippen LogP contribution < -0.4 is 0 Å². The highest BCUT2D eigenvalue weighted by atomic mass is 16.5. The van der Waals surface area contributed by atoms with Crippen molar-refractivity contribution in [1.82, 2.24) is 4.90 Å². The van der Waals surface area contributed by atoms with Gasteiger partial charge in [-0.15, -0.1) is 0 Å². The predicted molar refractivity (Wildman–Crippen MR) is 128 cm³/mol. The predicted octanol–water partition coefficient (Wildman–Crippen LogP) is 7.91. The summed E-state index contributed by atoms with van der Waals surface area (Å²) < 4.78 is 5.54. The highest BCUT2D eigenvalue weighted by molar-refractivity contribution is 5.69. The van der Waals surface area contributed by atoms with E-state index in [0.29, 0.717) is 6.42 Å². The molecule has 0 amide bonds. The van der Waals surface area contributed by atoms with Gasteiger partial charge >= 0.3 is 5.97 Å². The van der Waals surface area contributed by atoms with Crippen molar-refractivity contribution >= 4 is 5.97 Å². The third kappa shape index (κ3) is 20.5. The highest BCUT2D eigenvalue weighted by Crippen LogP contribution is 2.14. The molecule has 0 bridgehead atoms. The Bertz CT molecular complexity index is 342. The van der Waals surface area contributed by atoms with Gasteiger partial charge < -0.3 is 9.64 Å². The smallest absolute Gasteiger partial charge is 0.306 e. The largest absolute Gasteiger partial charge is 0.463 e. The van der Waals surface area contributed by atoms with Crippen LogP contribution in [0.25, 0.3) is 0 Å². The molecule has 3 heteroatoms. The fourth-order valence-electron chi connectivity index (χ4n) is 3.89. The molecule has 29 heavy (non-hydrogen) atoms. The van der Waals surface area contributed by atoms with Crippen LogP contribution in [-0.2, 0) is 9.53 Å². The minimum atomic E-state index is -0.00765. The van der Waals surface area contributed by atoms with E-state index in [4.69, 9.17) is 4.74 Å². The lowest BCUT2D eigenvalue weighted by atomic mass is 10.0. The molecule has 0 N–H and O–H groups in total. The van der Waals surface area contributed by atoms with Crippen molar-refractivity contribution in [2.45, 2.75) is 143 Å². The first-order valence-corrected chi connectivity index (χ1v) is 13.1. The van der Waals surface area contributed by atoms with Crippen LogP contribution in [0.1, 0.15) is 137 Å². The van der Waals surface area contributed by atoms with Crippen LogP contribution in [0, 0.1) is 0 Å². The van der Waals surface area contributed by atoms with Crippen molar-refractivity contribution in [2.75, 3.05) is 19.6 Å². The normalized spacial score (nSPS) is 12.4. The van der Waals surface area contributed by atoms with E-state index in [1.54, 1.807) is 0 Å². The minimum absolute atomic E-state index is 0.00765. The maximum Gasteiger partial charge on any atom is 0.306 e. The molecular formula is C26H53NO2. The molecule has 0 heterocycles. The molecule has 0 aliphatic rings. The molecule has 3 nitrogen and oxygen atoms in total. The maximum atomic E-state index is 11.9. The van der Waals surface area contributed by atoms with Gasteiger partial charge in [0.25, 0.3) is 0 Å². The monoisotopic (exact) mass is 411 g/mol. The number of carbonyl (C=O) groups excluding carboxylic acids is 1. The summed E-state index contributed by atoms with van der Waals surface area (Å²) in [4.78, 5) is 14.3. The van der Waals surface area contributed by atoms with Crippen molar-refractivity contribution in [1.29, 1.82) is 0 Å². The number of unbranched alkanes of at least 4 members (excludes halogenated alkanes) is 14. The summed E-state index contributed by atoms with van der Waals surface area (Å²) in [5, 5.41) is 0. The molecule has 0 rings (SSSR count). The summed E-state index contributed by atoms with van der Waals surface area (Å²) in [6, 6.07) is 0. The van der Waals surface area contributed by atoms with E-state index in [0.717, 1.165) is 32.5 Å². The van der Waals surface area contributed by atoms with Crippen molar-refractivity contribution in [3.05, 3.63) is 0 Å². The van der Waals surface area contributed by atoms with E-state index in [-0.39, 0.29) is 12.1 Å². The van der Waals surface area contributed by atoms with Crippen molar-refractivity contribution in [3.8, 4) is 0 Å². The van der Waals surface area contributed by atoms with E-state index < -0.39 is 0 Å². The Morgan fingerprint density at radius 2 is 1.10 bits per heavy atom. The van der Waals surface area contributed by atoms with Gasteiger partial charge in [-0.3, -0.25) is 4.79 Å². The second-order valence-electron chi connectivity index (χ2n) is 8.82. The molecule has 0 aromatic heterocycles. The zero-order chi connectivity index (χ0) is 21.6. The van der Waals surface area contributed by atoms with Gasteiger partial charge in [0.1, 0.15) is 6.10 Å². The van der Waals surface area contributed by atoms with Gasteiger partial charge in [-0.25, -0.2) is 0 Å². The third-order valence-electron chi connectivity index (χ3n) is 6.06. The number of hydrogen-bond acceptors (Lipinski definition) is 3. The third-order valence-corrected chi connectivity index (χ3v) is 6.06. The Morgan fingerprint density at radius 1 is 0.690 bits per heavy atom. The molecular weight excluding hydrogens is 358 g/mol. The van der Waals surface area contributed by atoms with Crippen LogP contribution in [0.5, 0.6) is 0 Å². The fraction of sp³-hybridized carbons (Fsp3) is 0.962. The van der Waals surface area contributed by atoms with Crippen molar-refractivity contribution in [2.24, 2.45) is 0 Å². The first-order chi connectivity index (χ1) is 14.1. The van der Waals surface area contributed by atoms with Crippen molar-refractivity contribution < 1.29 is 9.53 Å². The second kappa shape index (κ2) is 22.1. The van der Waals surface area contributed by atoms with Gasteiger partial charge in [-0.2, -0.15) is 0 Å². The van der Waals surface area contributed by atoms with Crippen molar-refractivity contribution in [3.63, 3.8) is 0 Å². The fourth-order valence-corrected chi connectivity index (χ4v) is 3.89. The number of ether oxygens (including phenoxy) is 1. The molecule has 0 aliphatic carbocycles. The van der Waals surface area contributed by atoms with E-state index >= 15 is 0 Å². The number of esters is 1. The first-order valence-electron chi connectivity index (χ1n) is 13.1. The van der Waals surface area contributed by atoms with Crippen LogP contribution in [0.4, 0.5) is 0 Å². The highest BCUT2D eigenvalue weighted by Gasteiger charge is 2.10. The second-order valence-corrected chi connectivity index (χ2v) is 8.82. The van der Waals surface area contributed by atoms with Crippen LogP contribution in [0.15, 0.2) is 0 Å². The van der Waals surface area contributed by atoms with Gasteiger partial charge in [0.2, 0.25) is 0 Å². The molecule has 0 saturated carbocycles. The summed E-state index contributed by atoms with van der Waals surface area (Å²) in [6.07, 6.45) is 21.9. The molecule has 0 radical (unpaired) electrons. The molecule has 0 spiro atoms. The Hall–Kier alpha value is -0.570. The lowest BCUT2D eigenvalue weighted by Gasteiger charge is -2.20. The standard InChI is InChI=1S/C26H53NO2/c1-5-8-9-10-11-12-13-14-15-16-17-18-19-20-21-22-26(28)29-25(4)23-24-27(6-2)7-3/h25H,5-24H2,1-4H3.